The Morgan fingerprint density at radius 1 is 0.292 bits per heavy atom. The highest BCUT2D eigenvalue weighted by Crippen LogP contribution is 2.45. The van der Waals surface area contributed by atoms with Crippen LogP contribution in [0.3, 0.4) is 0 Å². The largest absolute Gasteiger partial charge is 0.472 e. The third kappa shape index (κ3) is 67.9. The van der Waals surface area contributed by atoms with Gasteiger partial charge in [-0.05, 0) is 37.5 Å². The molecule has 0 saturated carbocycles. The Morgan fingerprint density at radius 2 is 0.500 bits per heavy atom. The van der Waals surface area contributed by atoms with E-state index >= 15 is 0 Å². The maximum Gasteiger partial charge on any atom is 0.472 e. The van der Waals surface area contributed by atoms with Crippen LogP contribution in [0.25, 0.3) is 0 Å². The lowest BCUT2D eigenvalue weighted by Crippen LogP contribution is -2.30. The summed E-state index contributed by atoms with van der Waals surface area (Å²) in [6.07, 6.45) is 56.8. The Kier molecular flexibility index (Phi) is 67.4. The molecule has 0 rings (SSSR count). The molecule has 17 nitrogen and oxygen atoms in total. The van der Waals surface area contributed by atoms with Crippen LogP contribution in [0.4, 0.5) is 0 Å². The zero-order valence-corrected chi connectivity index (χ0v) is 64.5. The normalized spacial score (nSPS) is 14.6. The quantitative estimate of drug-likeness (QED) is 0.0222. The topological polar surface area (TPSA) is 237 Å². The summed E-state index contributed by atoms with van der Waals surface area (Å²) in [7, 11) is -9.91. The average Bonchev–Trinajstić information content (AvgIpc) is 1.22. The van der Waals surface area contributed by atoms with E-state index in [2.05, 4.69) is 41.5 Å². The first kappa shape index (κ1) is 94.1. The number of ether oxygens (including phenoxy) is 4. The smallest absolute Gasteiger partial charge is 0.462 e. The van der Waals surface area contributed by atoms with Crippen LogP contribution in [-0.2, 0) is 65.4 Å². The number of unbranched alkanes of at least 4 members (excludes halogenated alkanes) is 44. The molecule has 4 unspecified atom stereocenters. The monoisotopic (exact) mass is 1410 g/mol. The van der Waals surface area contributed by atoms with Gasteiger partial charge in [0.15, 0.2) is 12.2 Å². The van der Waals surface area contributed by atoms with Gasteiger partial charge < -0.3 is 33.8 Å². The molecular formula is C77H150O17P2. The summed E-state index contributed by atoms with van der Waals surface area (Å²) in [5.74, 6) is -0.580. The highest BCUT2D eigenvalue weighted by atomic mass is 31.2. The number of hydrogen-bond donors (Lipinski definition) is 3. The van der Waals surface area contributed by atoms with Gasteiger partial charge in [0.2, 0.25) is 0 Å². The minimum absolute atomic E-state index is 0.106. The Morgan fingerprint density at radius 3 is 0.740 bits per heavy atom. The van der Waals surface area contributed by atoms with Crippen molar-refractivity contribution in [2.45, 2.75) is 419 Å². The highest BCUT2D eigenvalue weighted by Gasteiger charge is 2.30. The van der Waals surface area contributed by atoms with Gasteiger partial charge in [-0.2, -0.15) is 0 Å². The Labute approximate surface area is 588 Å². The van der Waals surface area contributed by atoms with Crippen molar-refractivity contribution in [3.63, 3.8) is 0 Å². The first-order valence-electron chi connectivity index (χ1n) is 40.1. The van der Waals surface area contributed by atoms with Crippen LogP contribution in [-0.4, -0.2) is 96.7 Å². The predicted octanol–water partition coefficient (Wildman–Crippen LogP) is 22.7. The third-order valence-corrected chi connectivity index (χ3v) is 20.6. The second-order valence-electron chi connectivity index (χ2n) is 28.2. The maximum absolute atomic E-state index is 13.1. The Hall–Kier alpha value is -1.94. The highest BCUT2D eigenvalue weighted by molar-refractivity contribution is 7.47. The van der Waals surface area contributed by atoms with Crippen LogP contribution < -0.4 is 0 Å². The van der Waals surface area contributed by atoms with E-state index in [1.807, 2.05) is 0 Å². The molecule has 0 heterocycles. The van der Waals surface area contributed by atoms with Crippen LogP contribution in [0, 0.1) is 11.8 Å². The molecule has 0 aromatic carbocycles. The van der Waals surface area contributed by atoms with Crippen molar-refractivity contribution in [3.05, 3.63) is 0 Å². The van der Waals surface area contributed by atoms with Gasteiger partial charge in [-0.3, -0.25) is 37.3 Å². The molecule has 0 spiro atoms. The average molecular weight is 1410 g/mol. The van der Waals surface area contributed by atoms with Gasteiger partial charge in [-0.25, -0.2) is 9.13 Å². The molecule has 96 heavy (non-hydrogen) atoms. The van der Waals surface area contributed by atoms with E-state index in [9.17, 15) is 43.2 Å². The number of phosphoric ester groups is 2. The van der Waals surface area contributed by atoms with Gasteiger partial charge in [0, 0.05) is 25.7 Å². The zero-order valence-electron chi connectivity index (χ0n) is 62.7. The molecule has 0 aliphatic rings. The van der Waals surface area contributed by atoms with E-state index in [1.54, 1.807) is 0 Å². The molecule has 0 radical (unpaired) electrons. The third-order valence-electron chi connectivity index (χ3n) is 18.7. The second-order valence-corrected chi connectivity index (χ2v) is 31.1. The number of aliphatic hydroxyl groups excluding tert-OH is 1. The molecular weight excluding hydrogens is 1260 g/mol. The van der Waals surface area contributed by atoms with Crippen molar-refractivity contribution in [2.24, 2.45) is 11.8 Å². The van der Waals surface area contributed by atoms with Crippen molar-refractivity contribution in [1.29, 1.82) is 0 Å². The first-order chi connectivity index (χ1) is 46.4. The molecule has 570 valence electrons. The van der Waals surface area contributed by atoms with E-state index in [1.165, 1.54) is 212 Å². The van der Waals surface area contributed by atoms with Crippen molar-refractivity contribution in [2.75, 3.05) is 39.6 Å². The number of rotatable bonds is 76. The summed E-state index contributed by atoms with van der Waals surface area (Å²) in [5.41, 5.74) is 0. The second kappa shape index (κ2) is 68.8. The predicted molar refractivity (Wildman–Crippen MR) is 391 cm³/mol. The summed E-state index contributed by atoms with van der Waals surface area (Å²) in [6.45, 7) is 9.60. The molecule has 7 atom stereocenters. The van der Waals surface area contributed by atoms with Crippen LogP contribution >= 0.6 is 15.6 Å². The molecule has 0 bridgehead atoms. The summed E-state index contributed by atoms with van der Waals surface area (Å²) in [5, 5.41) is 10.6. The van der Waals surface area contributed by atoms with Crippen LogP contribution in [0.1, 0.15) is 401 Å². The van der Waals surface area contributed by atoms with Crippen LogP contribution in [0.15, 0.2) is 0 Å². The summed E-state index contributed by atoms with van der Waals surface area (Å²) >= 11 is 0. The van der Waals surface area contributed by atoms with Crippen molar-refractivity contribution in [3.8, 4) is 0 Å². The lowest BCUT2D eigenvalue weighted by atomic mass is 9.99. The van der Waals surface area contributed by atoms with Crippen molar-refractivity contribution < 1.29 is 80.2 Å². The number of carbonyl (C=O) groups is 4. The Bertz CT molecular complexity index is 1860. The van der Waals surface area contributed by atoms with E-state index in [0.29, 0.717) is 25.7 Å². The molecule has 0 saturated heterocycles. The summed E-state index contributed by atoms with van der Waals surface area (Å²) in [6, 6.07) is 0. The number of aliphatic hydroxyl groups is 1. The number of carbonyl (C=O) groups excluding carboxylic acids is 4. The van der Waals surface area contributed by atoms with Crippen molar-refractivity contribution in [1.82, 2.24) is 0 Å². The van der Waals surface area contributed by atoms with Gasteiger partial charge in [-0.15, -0.1) is 0 Å². The molecule has 0 aliphatic heterocycles. The van der Waals surface area contributed by atoms with Gasteiger partial charge in [-0.1, -0.05) is 350 Å². The molecule has 19 heteroatoms. The van der Waals surface area contributed by atoms with Crippen molar-refractivity contribution >= 4 is 39.5 Å². The van der Waals surface area contributed by atoms with E-state index in [0.717, 1.165) is 108 Å². The van der Waals surface area contributed by atoms with Crippen LogP contribution in [0.2, 0.25) is 0 Å². The van der Waals surface area contributed by atoms with Crippen LogP contribution in [0.5, 0.6) is 0 Å². The molecule has 0 fully saturated rings. The standard InChI is InChI=1S/C77H150O17P2/c1-7-11-13-15-17-19-21-23-25-27-29-31-36-40-47-53-59-74(79)87-65-72(93-76(81)61-55-49-41-37-32-30-28-26-24-22-20-18-16-14-12-8-2)67-91-95(83,84)89-63-71(78)64-90-96(85,86)92-68-73(66-88-75(80)60-54-48-44-43-46-52-58-70(6)10-4)94-77(82)62-56-50-42-38-34-33-35-39-45-51-57-69(5)9-3/h69-73,78H,7-68H2,1-6H3,(H,83,84)(H,85,86)/t69?,70?,71-,72-,73-/m1/s1. The van der Waals surface area contributed by atoms with Gasteiger partial charge in [0.25, 0.3) is 0 Å². The van der Waals surface area contributed by atoms with E-state index < -0.39 is 97.5 Å². The molecule has 0 amide bonds. The summed E-state index contributed by atoms with van der Waals surface area (Å²) in [4.78, 5) is 72.9. The first-order valence-corrected chi connectivity index (χ1v) is 43.1. The fourth-order valence-electron chi connectivity index (χ4n) is 11.8. The van der Waals surface area contributed by atoms with Gasteiger partial charge >= 0.3 is 39.5 Å². The molecule has 0 aromatic rings. The molecule has 0 aliphatic carbocycles. The molecule has 3 N–H and O–H groups in total. The van der Waals surface area contributed by atoms with Gasteiger partial charge in [0.05, 0.1) is 26.4 Å². The Balaban J connectivity index is 5.26. The zero-order chi connectivity index (χ0) is 70.7. The van der Waals surface area contributed by atoms with Gasteiger partial charge in [0.1, 0.15) is 19.3 Å². The minimum atomic E-state index is -4.96. The lowest BCUT2D eigenvalue weighted by molar-refractivity contribution is -0.161. The SMILES string of the molecule is CCCCCCCCCCCCCCCCCCC(=O)OC[C@H](COP(=O)(O)OC[C@@H](O)COP(=O)(O)OC[C@@H](COC(=O)CCCCCCCCC(C)CC)OC(=O)CCCCCCCCCCCCC(C)CC)OC(=O)CCCCCCCCCCCCCCCCCC. The number of hydrogen-bond acceptors (Lipinski definition) is 15. The molecule has 0 aromatic heterocycles. The van der Waals surface area contributed by atoms with E-state index in [4.69, 9.17) is 37.0 Å². The number of phosphoric acid groups is 2. The number of esters is 4. The lowest BCUT2D eigenvalue weighted by Gasteiger charge is -2.21. The minimum Gasteiger partial charge on any atom is -0.462 e. The summed E-state index contributed by atoms with van der Waals surface area (Å²) < 4.78 is 68.6. The fourth-order valence-corrected chi connectivity index (χ4v) is 13.3. The van der Waals surface area contributed by atoms with E-state index in [-0.39, 0.29) is 25.7 Å². The maximum atomic E-state index is 13.1. The fraction of sp³-hybridized carbons (Fsp3) is 0.948.